The van der Waals surface area contributed by atoms with Crippen molar-refractivity contribution in [2.24, 2.45) is 5.92 Å². The molecule has 2 heteroatoms. The molecule has 1 saturated heterocycles. The second-order valence-electron chi connectivity index (χ2n) is 2.03. The quantitative estimate of drug-likeness (QED) is 0.505. The van der Waals surface area contributed by atoms with E-state index < -0.39 is 0 Å². The lowest BCUT2D eigenvalue weighted by Crippen LogP contribution is -2.40. The van der Waals surface area contributed by atoms with Crippen molar-refractivity contribution in [3.63, 3.8) is 0 Å². The largest absolute Gasteiger partial charge is 0.394 e. The van der Waals surface area contributed by atoms with E-state index in [9.17, 15) is 0 Å². The van der Waals surface area contributed by atoms with E-state index in [0.717, 1.165) is 6.61 Å². The van der Waals surface area contributed by atoms with Gasteiger partial charge in [0.1, 0.15) is 0 Å². The molecule has 0 spiro atoms. The summed E-state index contributed by atoms with van der Waals surface area (Å²) in [6.07, 6.45) is 0.139. The van der Waals surface area contributed by atoms with Crippen LogP contribution < -0.4 is 0 Å². The van der Waals surface area contributed by atoms with Gasteiger partial charge < -0.3 is 9.84 Å². The Morgan fingerprint density at radius 2 is 2.57 bits per heavy atom. The van der Waals surface area contributed by atoms with Gasteiger partial charge in [-0.2, -0.15) is 0 Å². The van der Waals surface area contributed by atoms with E-state index in [0.29, 0.717) is 5.92 Å². The second-order valence-corrected chi connectivity index (χ2v) is 2.03. The molecule has 0 radical (unpaired) electrons. The third kappa shape index (κ3) is 0.763. The maximum absolute atomic E-state index is 8.43. The van der Waals surface area contributed by atoms with Crippen molar-refractivity contribution in [1.82, 2.24) is 0 Å². The standard InChI is InChI=1S/C5H10O2/c1-4-3-7-5(4)2-6/h4-6H,2-3H2,1H3/t4-,5-/m1/s1. The summed E-state index contributed by atoms with van der Waals surface area (Å²) in [5.74, 6) is 0.574. The summed E-state index contributed by atoms with van der Waals surface area (Å²) < 4.78 is 4.94. The van der Waals surface area contributed by atoms with E-state index >= 15 is 0 Å². The fraction of sp³-hybridized carbons (Fsp3) is 1.00. The number of aliphatic hydroxyl groups is 1. The van der Waals surface area contributed by atoms with Crippen molar-refractivity contribution < 1.29 is 9.84 Å². The Kier molecular flexibility index (Phi) is 1.30. The molecular weight excluding hydrogens is 92.1 g/mol. The highest BCUT2D eigenvalue weighted by atomic mass is 16.5. The minimum absolute atomic E-state index is 0.139. The van der Waals surface area contributed by atoms with Crippen LogP contribution in [0, 0.1) is 5.92 Å². The van der Waals surface area contributed by atoms with Crippen LogP contribution >= 0.6 is 0 Å². The van der Waals surface area contributed by atoms with Gasteiger partial charge in [-0.15, -0.1) is 0 Å². The predicted molar refractivity (Wildman–Crippen MR) is 26.0 cm³/mol. The molecule has 0 unspecified atom stereocenters. The first-order valence-electron chi connectivity index (χ1n) is 2.57. The summed E-state index contributed by atoms with van der Waals surface area (Å²) in [4.78, 5) is 0. The van der Waals surface area contributed by atoms with Gasteiger partial charge in [0.2, 0.25) is 0 Å². The molecule has 1 heterocycles. The van der Waals surface area contributed by atoms with E-state index in [1.54, 1.807) is 0 Å². The van der Waals surface area contributed by atoms with Crippen LogP contribution in [0.5, 0.6) is 0 Å². The van der Waals surface area contributed by atoms with Crippen LogP contribution in [-0.4, -0.2) is 24.4 Å². The Morgan fingerprint density at radius 1 is 1.86 bits per heavy atom. The minimum atomic E-state index is 0.139. The number of hydrogen-bond acceptors (Lipinski definition) is 2. The third-order valence-corrected chi connectivity index (χ3v) is 1.39. The first-order chi connectivity index (χ1) is 3.34. The number of hydrogen-bond donors (Lipinski definition) is 1. The molecule has 0 amide bonds. The van der Waals surface area contributed by atoms with Gasteiger partial charge in [-0.1, -0.05) is 6.92 Å². The molecule has 0 aliphatic carbocycles. The average Bonchev–Trinajstić information content (AvgIpc) is 1.65. The zero-order valence-corrected chi connectivity index (χ0v) is 4.42. The molecule has 0 aromatic heterocycles. The third-order valence-electron chi connectivity index (χ3n) is 1.39. The van der Waals surface area contributed by atoms with Gasteiger partial charge in [0.15, 0.2) is 0 Å². The highest BCUT2D eigenvalue weighted by Gasteiger charge is 2.26. The van der Waals surface area contributed by atoms with Crippen molar-refractivity contribution in [3.05, 3.63) is 0 Å². The van der Waals surface area contributed by atoms with Gasteiger partial charge in [0.05, 0.1) is 19.3 Å². The predicted octanol–water partition coefficient (Wildman–Crippen LogP) is 0.0136. The molecule has 2 atom stereocenters. The minimum Gasteiger partial charge on any atom is -0.394 e. The van der Waals surface area contributed by atoms with E-state index in [1.807, 2.05) is 0 Å². The molecular formula is C5H10O2. The van der Waals surface area contributed by atoms with Crippen LogP contribution in [0.25, 0.3) is 0 Å². The zero-order valence-electron chi connectivity index (χ0n) is 4.42. The Bertz CT molecular complexity index is 61.1. The van der Waals surface area contributed by atoms with Gasteiger partial charge in [-0.25, -0.2) is 0 Å². The molecule has 1 rings (SSSR count). The fourth-order valence-electron chi connectivity index (χ4n) is 0.657. The average molecular weight is 102 g/mol. The summed E-state index contributed by atoms with van der Waals surface area (Å²) in [5, 5.41) is 8.43. The smallest absolute Gasteiger partial charge is 0.0853 e. The van der Waals surface area contributed by atoms with Crippen LogP contribution in [0.1, 0.15) is 6.92 Å². The highest BCUT2D eigenvalue weighted by Crippen LogP contribution is 2.17. The molecule has 2 nitrogen and oxygen atoms in total. The molecule has 1 aliphatic rings. The SMILES string of the molecule is C[C@@H]1CO[C@@H]1CO. The lowest BCUT2D eigenvalue weighted by molar-refractivity contribution is -0.127. The van der Waals surface area contributed by atoms with Gasteiger partial charge >= 0.3 is 0 Å². The highest BCUT2D eigenvalue weighted by molar-refractivity contribution is 4.72. The first-order valence-corrected chi connectivity index (χ1v) is 2.57. The molecule has 7 heavy (non-hydrogen) atoms. The van der Waals surface area contributed by atoms with E-state index in [-0.39, 0.29) is 12.7 Å². The Morgan fingerprint density at radius 3 is 2.57 bits per heavy atom. The van der Waals surface area contributed by atoms with E-state index in [1.165, 1.54) is 0 Å². The number of ether oxygens (including phenoxy) is 1. The Hall–Kier alpha value is -0.0800. The summed E-state index contributed by atoms with van der Waals surface area (Å²) in [6, 6.07) is 0. The maximum atomic E-state index is 8.43. The van der Waals surface area contributed by atoms with Crippen LogP contribution in [0.4, 0.5) is 0 Å². The Labute approximate surface area is 43.1 Å². The van der Waals surface area contributed by atoms with Gasteiger partial charge in [0, 0.05) is 5.92 Å². The van der Waals surface area contributed by atoms with Crippen LogP contribution in [0.2, 0.25) is 0 Å². The molecule has 42 valence electrons. The molecule has 1 fully saturated rings. The lowest BCUT2D eigenvalue weighted by Gasteiger charge is -2.32. The van der Waals surface area contributed by atoms with E-state index in [2.05, 4.69) is 6.92 Å². The lowest BCUT2D eigenvalue weighted by atomic mass is 10.0. The zero-order chi connectivity index (χ0) is 5.28. The maximum Gasteiger partial charge on any atom is 0.0853 e. The summed E-state index contributed by atoms with van der Waals surface area (Å²) in [5.41, 5.74) is 0. The van der Waals surface area contributed by atoms with Gasteiger partial charge in [-0.3, -0.25) is 0 Å². The first kappa shape index (κ1) is 5.06. The summed E-state index contributed by atoms with van der Waals surface area (Å²) >= 11 is 0. The number of aliphatic hydroxyl groups excluding tert-OH is 1. The molecule has 0 saturated carbocycles. The normalized spacial score (nSPS) is 40.3. The summed E-state index contributed by atoms with van der Waals surface area (Å²) in [7, 11) is 0. The molecule has 0 aromatic carbocycles. The van der Waals surface area contributed by atoms with Crippen LogP contribution in [-0.2, 0) is 4.74 Å². The van der Waals surface area contributed by atoms with E-state index in [4.69, 9.17) is 9.84 Å². The number of rotatable bonds is 1. The molecule has 0 aromatic rings. The molecule has 1 N–H and O–H groups in total. The topological polar surface area (TPSA) is 29.5 Å². The van der Waals surface area contributed by atoms with Gasteiger partial charge in [0.25, 0.3) is 0 Å². The molecule has 0 bridgehead atoms. The second kappa shape index (κ2) is 1.80. The van der Waals surface area contributed by atoms with Crippen molar-refractivity contribution in [1.29, 1.82) is 0 Å². The van der Waals surface area contributed by atoms with Crippen LogP contribution in [0.15, 0.2) is 0 Å². The fourth-order valence-corrected chi connectivity index (χ4v) is 0.657. The molecule has 1 aliphatic heterocycles. The van der Waals surface area contributed by atoms with Crippen molar-refractivity contribution >= 4 is 0 Å². The monoisotopic (exact) mass is 102 g/mol. The van der Waals surface area contributed by atoms with Crippen molar-refractivity contribution in [2.45, 2.75) is 13.0 Å². The Balaban J connectivity index is 2.16. The van der Waals surface area contributed by atoms with Crippen LogP contribution in [0.3, 0.4) is 0 Å². The van der Waals surface area contributed by atoms with Crippen molar-refractivity contribution in [2.75, 3.05) is 13.2 Å². The van der Waals surface area contributed by atoms with Crippen molar-refractivity contribution in [3.8, 4) is 0 Å². The van der Waals surface area contributed by atoms with Gasteiger partial charge in [-0.05, 0) is 0 Å². The summed E-state index contributed by atoms with van der Waals surface area (Å²) in [6.45, 7) is 3.08.